The van der Waals surface area contributed by atoms with Crippen LogP contribution >= 0.6 is 0 Å². The molecule has 3 rings (SSSR count). The Bertz CT molecular complexity index is 578. The van der Waals surface area contributed by atoms with E-state index >= 15 is 0 Å². The molecule has 0 spiro atoms. The molecule has 6 nitrogen and oxygen atoms in total. The Morgan fingerprint density at radius 1 is 1.08 bits per heavy atom. The molecule has 0 saturated carbocycles. The van der Waals surface area contributed by atoms with Crippen molar-refractivity contribution >= 4 is 11.4 Å². The van der Waals surface area contributed by atoms with Crippen molar-refractivity contribution in [3.63, 3.8) is 0 Å². The number of anilines is 2. The maximum Gasteiger partial charge on any atom is 0.143 e. The highest BCUT2D eigenvalue weighted by Gasteiger charge is 2.27. The van der Waals surface area contributed by atoms with Gasteiger partial charge in [-0.15, -0.1) is 0 Å². The molecular weight excluding hydrogens is 326 g/mol. The van der Waals surface area contributed by atoms with E-state index in [1.807, 2.05) is 0 Å². The summed E-state index contributed by atoms with van der Waals surface area (Å²) < 4.78 is 5.47. The van der Waals surface area contributed by atoms with Crippen molar-refractivity contribution in [1.82, 2.24) is 9.80 Å². The van der Waals surface area contributed by atoms with Crippen LogP contribution in [0.4, 0.5) is 11.4 Å². The van der Waals surface area contributed by atoms with Gasteiger partial charge in [-0.1, -0.05) is 0 Å². The Balaban J connectivity index is 1.67. The first kappa shape index (κ1) is 19.3. The molecule has 2 saturated heterocycles. The zero-order chi connectivity index (χ0) is 18.5. The number of hydrogen-bond acceptors (Lipinski definition) is 6. The van der Waals surface area contributed by atoms with Crippen LogP contribution in [0.3, 0.4) is 0 Å². The fourth-order valence-corrected chi connectivity index (χ4v) is 4.26. The minimum absolute atomic E-state index is 0.705. The molecule has 2 aliphatic rings. The van der Waals surface area contributed by atoms with Gasteiger partial charge in [0.25, 0.3) is 0 Å². The Kier molecular flexibility index (Phi) is 6.62. The summed E-state index contributed by atoms with van der Waals surface area (Å²) in [4.78, 5) is 7.63. The Labute approximate surface area is 158 Å². The first-order valence-electron chi connectivity index (χ1n) is 9.96. The van der Waals surface area contributed by atoms with Gasteiger partial charge in [0.15, 0.2) is 0 Å². The lowest BCUT2D eigenvalue weighted by molar-refractivity contribution is 0.0982. The number of nitrogen functional groups attached to an aromatic ring is 1. The molecule has 0 aliphatic carbocycles. The maximum absolute atomic E-state index is 6.15. The molecule has 1 aromatic rings. The number of piperazine rings is 1. The number of rotatable bonds is 6. The molecule has 0 bridgehead atoms. The van der Waals surface area contributed by atoms with Crippen LogP contribution in [0.5, 0.6) is 5.75 Å². The van der Waals surface area contributed by atoms with Crippen molar-refractivity contribution in [3.05, 3.63) is 17.7 Å². The van der Waals surface area contributed by atoms with Crippen LogP contribution in [0.1, 0.15) is 24.8 Å². The molecule has 4 N–H and O–H groups in total. The van der Waals surface area contributed by atoms with E-state index in [4.69, 9.17) is 16.2 Å². The number of ether oxygens (including phenoxy) is 1. The number of nitrogens with two attached hydrogens (primary N) is 2. The van der Waals surface area contributed by atoms with Crippen LogP contribution in [0.2, 0.25) is 0 Å². The lowest BCUT2D eigenvalue weighted by Gasteiger charge is -2.43. The summed E-state index contributed by atoms with van der Waals surface area (Å²) in [5.41, 5.74) is 15.2. The highest BCUT2D eigenvalue weighted by Crippen LogP contribution is 2.34. The predicted octanol–water partition coefficient (Wildman–Crippen LogP) is 1.38. The van der Waals surface area contributed by atoms with Crippen molar-refractivity contribution in [1.29, 1.82) is 0 Å². The van der Waals surface area contributed by atoms with Crippen LogP contribution < -0.4 is 21.1 Å². The standard InChI is InChI=1S/C20H35N5O/c1-23-10-12-24(13-11-23)17-5-8-25(9-6-17)19-15-20(26-2)18(22)14-16(19)4-3-7-21/h14-15,17H,3-13,21-22H2,1-2H3. The molecule has 0 unspecified atom stereocenters. The topological polar surface area (TPSA) is 71.0 Å². The highest BCUT2D eigenvalue weighted by atomic mass is 16.5. The van der Waals surface area contributed by atoms with E-state index in [2.05, 4.69) is 33.9 Å². The molecule has 2 fully saturated rings. The third kappa shape index (κ3) is 4.42. The number of piperidine rings is 1. The quantitative estimate of drug-likeness (QED) is 0.746. The lowest BCUT2D eigenvalue weighted by atomic mass is 9.99. The normalized spacial score (nSPS) is 20.5. The van der Waals surface area contributed by atoms with Gasteiger partial charge in [-0.3, -0.25) is 4.90 Å². The summed E-state index contributed by atoms with van der Waals surface area (Å²) in [5.74, 6) is 0.776. The van der Waals surface area contributed by atoms with Gasteiger partial charge in [-0.2, -0.15) is 0 Å². The zero-order valence-electron chi connectivity index (χ0n) is 16.4. The van der Waals surface area contributed by atoms with Gasteiger partial charge in [0, 0.05) is 57.1 Å². The first-order valence-corrected chi connectivity index (χ1v) is 9.96. The van der Waals surface area contributed by atoms with Gasteiger partial charge in [0.2, 0.25) is 0 Å². The Morgan fingerprint density at radius 3 is 2.38 bits per heavy atom. The monoisotopic (exact) mass is 361 g/mol. The van der Waals surface area contributed by atoms with Gasteiger partial charge < -0.3 is 26.0 Å². The van der Waals surface area contributed by atoms with Crippen LogP contribution in [0.15, 0.2) is 12.1 Å². The van der Waals surface area contributed by atoms with E-state index in [1.54, 1.807) is 7.11 Å². The van der Waals surface area contributed by atoms with Crippen molar-refractivity contribution in [3.8, 4) is 5.75 Å². The smallest absolute Gasteiger partial charge is 0.143 e. The molecule has 2 aliphatic heterocycles. The maximum atomic E-state index is 6.15. The second-order valence-corrected chi connectivity index (χ2v) is 7.67. The Morgan fingerprint density at radius 2 is 1.77 bits per heavy atom. The van der Waals surface area contributed by atoms with Crippen molar-refractivity contribution < 1.29 is 4.74 Å². The molecule has 0 amide bonds. The Hall–Kier alpha value is -1.50. The molecular formula is C20H35N5O. The summed E-state index contributed by atoms with van der Waals surface area (Å²) in [7, 11) is 3.91. The van der Waals surface area contributed by atoms with Crippen LogP contribution in [0, 0.1) is 0 Å². The van der Waals surface area contributed by atoms with Crippen molar-refractivity contribution in [2.45, 2.75) is 31.7 Å². The molecule has 146 valence electrons. The fraction of sp³-hybridized carbons (Fsp3) is 0.700. The van der Waals surface area contributed by atoms with Crippen LogP contribution in [0.25, 0.3) is 0 Å². The summed E-state index contributed by atoms with van der Waals surface area (Å²) in [5, 5.41) is 0. The summed E-state index contributed by atoms with van der Waals surface area (Å²) in [6.45, 7) is 7.70. The van der Waals surface area contributed by atoms with E-state index in [-0.39, 0.29) is 0 Å². The van der Waals surface area contributed by atoms with E-state index in [9.17, 15) is 0 Å². The van der Waals surface area contributed by atoms with Gasteiger partial charge >= 0.3 is 0 Å². The number of methoxy groups -OCH3 is 1. The largest absolute Gasteiger partial charge is 0.495 e. The second kappa shape index (κ2) is 8.93. The molecule has 0 radical (unpaired) electrons. The molecule has 2 heterocycles. The summed E-state index contributed by atoms with van der Waals surface area (Å²) in [6.07, 6.45) is 4.41. The first-order chi connectivity index (χ1) is 12.6. The van der Waals surface area contributed by atoms with Crippen LogP contribution in [-0.4, -0.2) is 75.8 Å². The molecule has 26 heavy (non-hydrogen) atoms. The second-order valence-electron chi connectivity index (χ2n) is 7.67. The third-order valence-corrected chi connectivity index (χ3v) is 5.94. The van der Waals surface area contributed by atoms with E-state index in [0.717, 1.165) is 43.4 Å². The predicted molar refractivity (Wildman–Crippen MR) is 109 cm³/mol. The molecule has 6 heteroatoms. The number of likely N-dealkylation sites (N-methyl/N-ethyl adjacent to an activating group) is 1. The summed E-state index contributed by atoms with van der Waals surface area (Å²) >= 11 is 0. The van der Waals surface area contributed by atoms with E-state index < -0.39 is 0 Å². The molecule has 1 aromatic carbocycles. The molecule has 0 atom stereocenters. The average Bonchev–Trinajstić information content (AvgIpc) is 2.67. The van der Waals surface area contributed by atoms with Gasteiger partial charge in [-0.25, -0.2) is 0 Å². The SMILES string of the molecule is COc1cc(N2CCC(N3CCN(C)CC3)CC2)c(CCCN)cc1N. The minimum Gasteiger partial charge on any atom is -0.495 e. The van der Waals surface area contributed by atoms with Gasteiger partial charge in [-0.05, 0) is 50.9 Å². The third-order valence-electron chi connectivity index (χ3n) is 5.94. The van der Waals surface area contributed by atoms with E-state index in [1.165, 1.54) is 50.3 Å². The van der Waals surface area contributed by atoms with Gasteiger partial charge in [0.05, 0.1) is 12.8 Å². The number of benzene rings is 1. The van der Waals surface area contributed by atoms with Crippen molar-refractivity contribution in [2.75, 3.05) is 70.6 Å². The number of aryl methyl sites for hydroxylation is 1. The minimum atomic E-state index is 0.705. The fourth-order valence-electron chi connectivity index (χ4n) is 4.26. The van der Waals surface area contributed by atoms with Gasteiger partial charge in [0.1, 0.15) is 5.75 Å². The number of hydrogen-bond donors (Lipinski definition) is 2. The van der Waals surface area contributed by atoms with E-state index in [0.29, 0.717) is 6.54 Å². The summed E-state index contributed by atoms with van der Waals surface area (Å²) in [6, 6.07) is 4.93. The average molecular weight is 362 g/mol. The van der Waals surface area contributed by atoms with Crippen molar-refractivity contribution in [2.24, 2.45) is 5.73 Å². The molecule has 0 aromatic heterocycles. The lowest BCUT2D eigenvalue weighted by Crippen LogP contribution is -2.52. The highest BCUT2D eigenvalue weighted by molar-refractivity contribution is 5.67. The van der Waals surface area contributed by atoms with Crippen LogP contribution in [-0.2, 0) is 6.42 Å². The zero-order valence-corrected chi connectivity index (χ0v) is 16.4. The number of nitrogens with zero attached hydrogens (tertiary/aromatic N) is 3.